The summed E-state index contributed by atoms with van der Waals surface area (Å²) in [5, 5.41) is 10.2. The van der Waals surface area contributed by atoms with Gasteiger partial charge in [-0.25, -0.2) is 9.38 Å². The third-order valence-electron chi connectivity index (χ3n) is 3.39. The lowest BCUT2D eigenvalue weighted by atomic mass is 10.2. The minimum atomic E-state index is -3.03. The lowest BCUT2D eigenvalue weighted by Crippen LogP contribution is -2.37. The molecule has 0 aliphatic rings. The van der Waals surface area contributed by atoms with E-state index in [1.807, 2.05) is 20.0 Å². The molecular weight excluding hydrogens is 462 g/mol. The van der Waals surface area contributed by atoms with Gasteiger partial charge in [0, 0.05) is 19.8 Å². The van der Waals surface area contributed by atoms with Gasteiger partial charge in [0.2, 0.25) is 0 Å². The highest BCUT2D eigenvalue weighted by Gasteiger charge is 2.13. The Morgan fingerprint density at radius 3 is 2.69 bits per heavy atom. The molecule has 0 fully saturated rings. The highest BCUT2D eigenvalue weighted by atomic mass is 127. The van der Waals surface area contributed by atoms with Gasteiger partial charge in [-0.15, -0.1) is 24.0 Å². The van der Waals surface area contributed by atoms with E-state index >= 15 is 0 Å². The number of guanidine groups is 1. The van der Waals surface area contributed by atoms with Crippen LogP contribution in [0.5, 0.6) is 5.75 Å². The van der Waals surface area contributed by atoms with Crippen molar-refractivity contribution in [2.24, 2.45) is 12.0 Å². The van der Waals surface area contributed by atoms with Crippen LogP contribution in [0.3, 0.4) is 0 Å². The number of nitrogens with zero attached hydrogens (tertiary/aromatic N) is 3. The SMILES string of the molecule is CCNC(=NCc1c(F)cccc1OC(F)F)NCc1ccnn1C.I. The summed E-state index contributed by atoms with van der Waals surface area (Å²) in [5.41, 5.74) is 0.902. The quantitative estimate of drug-likeness (QED) is 0.361. The molecule has 6 nitrogen and oxygen atoms in total. The molecule has 2 rings (SSSR count). The number of alkyl halides is 2. The average Bonchev–Trinajstić information content (AvgIpc) is 2.96. The topological polar surface area (TPSA) is 63.5 Å². The Morgan fingerprint density at radius 2 is 2.08 bits per heavy atom. The van der Waals surface area contributed by atoms with Crippen molar-refractivity contribution in [1.82, 2.24) is 20.4 Å². The summed E-state index contributed by atoms with van der Waals surface area (Å²) in [7, 11) is 1.81. The summed E-state index contributed by atoms with van der Waals surface area (Å²) >= 11 is 0. The van der Waals surface area contributed by atoms with Crippen LogP contribution in [-0.4, -0.2) is 28.9 Å². The Balaban J connectivity index is 0.00000338. The van der Waals surface area contributed by atoms with Crippen LogP contribution in [0.2, 0.25) is 0 Å². The number of aromatic nitrogens is 2. The molecule has 0 radical (unpaired) electrons. The fourth-order valence-corrected chi connectivity index (χ4v) is 2.15. The zero-order chi connectivity index (χ0) is 18.2. The molecule has 0 aliphatic carbocycles. The Bertz CT molecular complexity index is 724. The lowest BCUT2D eigenvalue weighted by molar-refractivity contribution is -0.0506. The van der Waals surface area contributed by atoms with Crippen LogP contribution in [0, 0.1) is 5.82 Å². The Kier molecular flexibility index (Phi) is 9.24. The molecule has 0 amide bonds. The first-order valence-electron chi connectivity index (χ1n) is 7.72. The number of hydrogen-bond acceptors (Lipinski definition) is 3. The molecule has 10 heteroatoms. The molecule has 2 N–H and O–H groups in total. The molecule has 0 saturated carbocycles. The first kappa shape index (κ1) is 22.1. The van der Waals surface area contributed by atoms with Gasteiger partial charge in [-0.3, -0.25) is 4.68 Å². The number of halogens is 4. The van der Waals surface area contributed by atoms with Crippen LogP contribution in [0.4, 0.5) is 13.2 Å². The maximum atomic E-state index is 14.0. The Labute approximate surface area is 166 Å². The van der Waals surface area contributed by atoms with Crippen molar-refractivity contribution in [1.29, 1.82) is 0 Å². The fraction of sp³-hybridized carbons (Fsp3) is 0.375. The van der Waals surface area contributed by atoms with Gasteiger partial charge in [-0.2, -0.15) is 13.9 Å². The molecule has 0 bridgehead atoms. The average molecular weight is 483 g/mol. The van der Waals surface area contributed by atoms with E-state index in [0.29, 0.717) is 19.0 Å². The molecule has 1 aromatic carbocycles. The highest BCUT2D eigenvalue weighted by molar-refractivity contribution is 14.0. The molecule has 0 spiro atoms. The number of hydrogen-bond donors (Lipinski definition) is 2. The van der Waals surface area contributed by atoms with E-state index in [0.717, 1.165) is 5.69 Å². The van der Waals surface area contributed by atoms with Gasteiger partial charge in [0.1, 0.15) is 11.6 Å². The van der Waals surface area contributed by atoms with Crippen LogP contribution in [0.1, 0.15) is 18.2 Å². The van der Waals surface area contributed by atoms with Gasteiger partial charge in [0.25, 0.3) is 0 Å². The van der Waals surface area contributed by atoms with E-state index in [4.69, 9.17) is 0 Å². The van der Waals surface area contributed by atoms with Gasteiger partial charge in [-0.1, -0.05) is 6.07 Å². The van der Waals surface area contributed by atoms with Gasteiger partial charge in [-0.05, 0) is 25.1 Å². The highest BCUT2D eigenvalue weighted by Crippen LogP contribution is 2.24. The van der Waals surface area contributed by atoms with Gasteiger partial charge < -0.3 is 15.4 Å². The Morgan fingerprint density at radius 1 is 1.31 bits per heavy atom. The molecule has 0 saturated heterocycles. The number of aryl methyl sites for hydroxylation is 1. The minimum Gasteiger partial charge on any atom is -0.434 e. The van der Waals surface area contributed by atoms with E-state index in [9.17, 15) is 13.2 Å². The molecular formula is C16H21F3IN5O. The van der Waals surface area contributed by atoms with E-state index in [1.54, 1.807) is 10.9 Å². The predicted octanol–water partition coefficient (Wildman–Crippen LogP) is 3.03. The second kappa shape index (κ2) is 10.9. The zero-order valence-electron chi connectivity index (χ0n) is 14.4. The molecule has 0 aliphatic heterocycles. The van der Waals surface area contributed by atoms with Crippen molar-refractivity contribution >= 4 is 29.9 Å². The smallest absolute Gasteiger partial charge is 0.387 e. The minimum absolute atomic E-state index is 0. The van der Waals surface area contributed by atoms with Crippen molar-refractivity contribution < 1.29 is 17.9 Å². The van der Waals surface area contributed by atoms with E-state index in [-0.39, 0.29) is 41.8 Å². The van der Waals surface area contributed by atoms with Crippen molar-refractivity contribution in [3.05, 3.63) is 47.5 Å². The maximum absolute atomic E-state index is 14.0. The molecule has 1 heterocycles. The summed E-state index contributed by atoms with van der Waals surface area (Å²) < 4.78 is 44.9. The van der Waals surface area contributed by atoms with Crippen molar-refractivity contribution in [3.8, 4) is 5.75 Å². The van der Waals surface area contributed by atoms with Crippen LogP contribution >= 0.6 is 24.0 Å². The normalized spacial score (nSPS) is 11.2. The molecule has 26 heavy (non-hydrogen) atoms. The summed E-state index contributed by atoms with van der Waals surface area (Å²) in [6, 6.07) is 5.63. The molecule has 0 unspecified atom stereocenters. The van der Waals surface area contributed by atoms with E-state index in [1.165, 1.54) is 18.2 Å². The van der Waals surface area contributed by atoms with Crippen LogP contribution in [-0.2, 0) is 20.1 Å². The largest absolute Gasteiger partial charge is 0.434 e. The van der Waals surface area contributed by atoms with Gasteiger partial charge >= 0.3 is 6.61 Å². The van der Waals surface area contributed by atoms with Gasteiger partial charge in [0.05, 0.1) is 24.3 Å². The fourth-order valence-electron chi connectivity index (χ4n) is 2.15. The Hall–Kier alpha value is -1.98. The molecule has 1 aromatic heterocycles. The number of ether oxygens (including phenoxy) is 1. The summed E-state index contributed by atoms with van der Waals surface area (Å²) in [6.07, 6.45) is 1.67. The predicted molar refractivity (Wildman–Crippen MR) is 103 cm³/mol. The summed E-state index contributed by atoms with van der Waals surface area (Å²) in [6.45, 7) is -0.235. The van der Waals surface area contributed by atoms with Crippen LogP contribution < -0.4 is 15.4 Å². The van der Waals surface area contributed by atoms with Crippen LogP contribution in [0.15, 0.2) is 35.5 Å². The second-order valence-corrected chi connectivity index (χ2v) is 5.09. The molecule has 2 aromatic rings. The number of rotatable bonds is 7. The van der Waals surface area contributed by atoms with Crippen molar-refractivity contribution in [3.63, 3.8) is 0 Å². The molecule has 0 atom stereocenters. The zero-order valence-corrected chi connectivity index (χ0v) is 16.7. The van der Waals surface area contributed by atoms with Crippen LogP contribution in [0.25, 0.3) is 0 Å². The standard InChI is InChI=1S/C16H20F3N5O.HI/c1-3-20-16(21-9-11-7-8-23-24(11)2)22-10-12-13(17)5-4-6-14(12)25-15(18)19;/h4-8,15H,3,9-10H2,1-2H3,(H2,20,21,22);1H. The second-order valence-electron chi connectivity index (χ2n) is 5.09. The summed E-state index contributed by atoms with van der Waals surface area (Å²) in [4.78, 5) is 4.24. The maximum Gasteiger partial charge on any atom is 0.387 e. The molecule has 144 valence electrons. The third kappa shape index (κ3) is 6.39. The lowest BCUT2D eigenvalue weighted by Gasteiger charge is -2.13. The van der Waals surface area contributed by atoms with Crippen molar-refractivity contribution in [2.75, 3.05) is 6.54 Å². The number of nitrogens with one attached hydrogen (secondary N) is 2. The monoisotopic (exact) mass is 483 g/mol. The van der Waals surface area contributed by atoms with Gasteiger partial charge in [0.15, 0.2) is 5.96 Å². The number of aliphatic imine (C=N–C) groups is 1. The summed E-state index contributed by atoms with van der Waals surface area (Å²) in [5.74, 6) is -0.444. The first-order chi connectivity index (χ1) is 12.0. The first-order valence-corrected chi connectivity index (χ1v) is 7.72. The third-order valence-corrected chi connectivity index (χ3v) is 3.39. The van der Waals surface area contributed by atoms with E-state index in [2.05, 4.69) is 25.5 Å². The number of benzene rings is 1. The van der Waals surface area contributed by atoms with Crippen molar-refractivity contribution in [2.45, 2.75) is 26.6 Å². The van der Waals surface area contributed by atoms with E-state index < -0.39 is 12.4 Å².